The van der Waals surface area contributed by atoms with Crippen molar-refractivity contribution in [1.29, 1.82) is 0 Å². The predicted octanol–water partition coefficient (Wildman–Crippen LogP) is 4.96. The third-order valence-electron chi connectivity index (χ3n) is 5.92. The normalized spacial score (nSPS) is 15.5. The number of nitrogens with one attached hydrogen (secondary N) is 1. The number of halogens is 6. The van der Waals surface area contributed by atoms with Gasteiger partial charge in [-0.15, -0.1) is 0 Å². The Kier molecular flexibility index (Phi) is 7.57. The largest absolute Gasteiger partial charge is 0.418 e. The van der Waals surface area contributed by atoms with Crippen LogP contribution in [-0.4, -0.2) is 62.2 Å². The van der Waals surface area contributed by atoms with Gasteiger partial charge in [0.25, 0.3) is 10.0 Å². The molecule has 0 bridgehead atoms. The molecule has 0 amide bonds. The average molecular weight is 560 g/mol. The molecule has 1 aliphatic heterocycles. The number of hydrogen-bond acceptors (Lipinski definition) is 6. The summed E-state index contributed by atoms with van der Waals surface area (Å²) in [7, 11) is -4.36. The van der Waals surface area contributed by atoms with E-state index < -0.39 is 45.2 Å². The molecule has 1 saturated heterocycles. The van der Waals surface area contributed by atoms with Crippen molar-refractivity contribution in [2.24, 2.45) is 0 Å². The number of pyridine rings is 2. The van der Waals surface area contributed by atoms with Crippen LogP contribution in [0.4, 0.5) is 38.0 Å². The molecule has 14 heteroatoms. The lowest BCUT2D eigenvalue weighted by molar-refractivity contribution is -0.146. The molecular weight excluding hydrogens is 536 g/mol. The van der Waals surface area contributed by atoms with E-state index in [0.717, 1.165) is 12.1 Å². The molecule has 1 fully saturated rings. The Morgan fingerprint density at radius 2 is 1.55 bits per heavy atom. The van der Waals surface area contributed by atoms with Crippen LogP contribution in [0, 0.1) is 6.92 Å². The van der Waals surface area contributed by atoms with Gasteiger partial charge in [-0.1, -0.05) is 30.3 Å². The van der Waals surface area contributed by atoms with Gasteiger partial charge < -0.3 is 4.90 Å². The molecule has 0 unspecified atom stereocenters. The van der Waals surface area contributed by atoms with Gasteiger partial charge in [-0.3, -0.25) is 9.62 Å². The van der Waals surface area contributed by atoms with Gasteiger partial charge in [0.05, 0.1) is 17.8 Å². The highest BCUT2D eigenvalue weighted by Crippen LogP contribution is 2.38. The van der Waals surface area contributed by atoms with E-state index in [9.17, 15) is 34.8 Å². The standard InChI is InChI=1S/C24H23F6N5O2S/c1-16-5-2-3-6-17(16)22-18(24(28,29)30)9-10-19(31-22)33-38(36,37)21-8-4-7-20(32-21)35-13-11-34(12-14-35)15-23(25,26)27/h2-10H,11-15H2,1H3,(H,31,33). The second kappa shape index (κ2) is 10.4. The van der Waals surface area contributed by atoms with Crippen molar-refractivity contribution in [1.82, 2.24) is 14.9 Å². The van der Waals surface area contributed by atoms with E-state index in [4.69, 9.17) is 0 Å². The summed E-state index contributed by atoms with van der Waals surface area (Å²) in [4.78, 5) is 11.0. The van der Waals surface area contributed by atoms with Crippen LogP contribution >= 0.6 is 0 Å². The van der Waals surface area contributed by atoms with Crippen LogP contribution in [-0.2, 0) is 16.2 Å². The number of aryl methyl sites for hydroxylation is 1. The Hall–Kier alpha value is -3.39. The van der Waals surface area contributed by atoms with Crippen LogP contribution < -0.4 is 9.62 Å². The number of rotatable bonds is 6. The molecule has 0 aliphatic carbocycles. The minimum atomic E-state index is -4.72. The molecule has 0 radical (unpaired) electrons. The Labute approximate surface area is 215 Å². The number of nitrogens with zero attached hydrogens (tertiary/aromatic N) is 4. The first kappa shape index (κ1) is 27.6. The van der Waals surface area contributed by atoms with Crippen LogP contribution in [0.15, 0.2) is 59.6 Å². The quantitative estimate of drug-likeness (QED) is 0.431. The molecule has 0 atom stereocenters. The molecule has 1 N–H and O–H groups in total. The van der Waals surface area contributed by atoms with E-state index in [1.54, 1.807) is 30.0 Å². The van der Waals surface area contributed by atoms with Crippen LogP contribution in [0.2, 0.25) is 0 Å². The first-order chi connectivity index (χ1) is 17.7. The number of piperazine rings is 1. The Balaban J connectivity index is 1.57. The van der Waals surface area contributed by atoms with Crippen molar-refractivity contribution >= 4 is 21.7 Å². The maximum atomic E-state index is 13.7. The number of sulfonamides is 1. The number of hydrogen-bond donors (Lipinski definition) is 1. The molecule has 204 valence electrons. The molecule has 4 rings (SSSR count). The Morgan fingerprint density at radius 1 is 0.868 bits per heavy atom. The van der Waals surface area contributed by atoms with Gasteiger partial charge in [-0.05, 0) is 36.8 Å². The molecule has 0 spiro atoms. The van der Waals surface area contributed by atoms with Crippen LogP contribution in [0.3, 0.4) is 0 Å². The second-order valence-electron chi connectivity index (χ2n) is 8.72. The van der Waals surface area contributed by atoms with Gasteiger partial charge >= 0.3 is 12.4 Å². The summed E-state index contributed by atoms with van der Waals surface area (Å²) in [6.45, 7) is 1.24. The molecule has 3 aromatic rings. The lowest BCUT2D eigenvalue weighted by atomic mass is 10.0. The molecular formula is C24H23F6N5O2S. The van der Waals surface area contributed by atoms with Gasteiger partial charge in [0.1, 0.15) is 11.6 Å². The number of aromatic nitrogens is 2. The molecule has 7 nitrogen and oxygen atoms in total. The summed E-state index contributed by atoms with van der Waals surface area (Å²) in [5.74, 6) is -0.0790. The van der Waals surface area contributed by atoms with Crippen LogP contribution in [0.5, 0.6) is 0 Å². The molecule has 0 saturated carbocycles. The lowest BCUT2D eigenvalue weighted by Gasteiger charge is -2.35. The average Bonchev–Trinajstić information content (AvgIpc) is 2.83. The van der Waals surface area contributed by atoms with Crippen molar-refractivity contribution in [2.45, 2.75) is 24.3 Å². The zero-order valence-electron chi connectivity index (χ0n) is 20.0. The fraction of sp³-hybridized carbons (Fsp3) is 0.333. The second-order valence-corrected chi connectivity index (χ2v) is 10.4. The molecule has 2 aromatic heterocycles. The van der Waals surface area contributed by atoms with Crippen molar-refractivity contribution in [3.05, 3.63) is 65.7 Å². The lowest BCUT2D eigenvalue weighted by Crippen LogP contribution is -2.49. The third kappa shape index (κ3) is 6.54. The number of alkyl halides is 6. The van der Waals surface area contributed by atoms with E-state index in [0.29, 0.717) is 5.56 Å². The van der Waals surface area contributed by atoms with Crippen molar-refractivity contribution in [3.63, 3.8) is 0 Å². The Bertz CT molecular complexity index is 1400. The van der Waals surface area contributed by atoms with E-state index in [1.165, 1.54) is 29.2 Å². The Morgan fingerprint density at radius 3 is 2.18 bits per heavy atom. The predicted molar refractivity (Wildman–Crippen MR) is 129 cm³/mol. The van der Waals surface area contributed by atoms with E-state index >= 15 is 0 Å². The number of benzene rings is 1. The van der Waals surface area contributed by atoms with E-state index in [1.807, 2.05) is 0 Å². The molecule has 38 heavy (non-hydrogen) atoms. The maximum absolute atomic E-state index is 13.7. The zero-order chi connectivity index (χ0) is 27.7. The van der Waals surface area contributed by atoms with Crippen LogP contribution in [0.25, 0.3) is 11.3 Å². The summed E-state index contributed by atoms with van der Waals surface area (Å²) in [5.41, 5.74) is -0.713. The van der Waals surface area contributed by atoms with Gasteiger partial charge in [0.15, 0.2) is 5.03 Å². The fourth-order valence-electron chi connectivity index (χ4n) is 4.10. The maximum Gasteiger partial charge on any atom is 0.418 e. The molecule has 3 heterocycles. The third-order valence-corrected chi connectivity index (χ3v) is 7.18. The van der Waals surface area contributed by atoms with E-state index in [2.05, 4.69) is 14.7 Å². The minimum absolute atomic E-state index is 0.119. The summed E-state index contributed by atoms with van der Waals surface area (Å²) in [5, 5.41) is -0.410. The van der Waals surface area contributed by atoms with Crippen molar-refractivity contribution in [2.75, 3.05) is 42.3 Å². The summed E-state index contributed by atoms with van der Waals surface area (Å²) >= 11 is 0. The highest BCUT2D eigenvalue weighted by atomic mass is 32.2. The highest BCUT2D eigenvalue weighted by molar-refractivity contribution is 7.92. The first-order valence-electron chi connectivity index (χ1n) is 11.4. The summed E-state index contributed by atoms with van der Waals surface area (Å²) < 4.78 is 107. The van der Waals surface area contributed by atoms with Crippen molar-refractivity contribution in [3.8, 4) is 11.3 Å². The van der Waals surface area contributed by atoms with Gasteiger partial charge in [-0.2, -0.15) is 34.8 Å². The topological polar surface area (TPSA) is 78.4 Å². The van der Waals surface area contributed by atoms with Crippen molar-refractivity contribution < 1.29 is 34.8 Å². The van der Waals surface area contributed by atoms with Gasteiger partial charge in [0.2, 0.25) is 0 Å². The highest BCUT2D eigenvalue weighted by Gasteiger charge is 2.35. The monoisotopic (exact) mass is 559 g/mol. The van der Waals surface area contributed by atoms with Gasteiger partial charge in [-0.25, -0.2) is 9.97 Å². The molecule has 1 aromatic carbocycles. The van der Waals surface area contributed by atoms with Gasteiger partial charge in [0, 0.05) is 31.7 Å². The smallest absolute Gasteiger partial charge is 0.354 e. The molecule has 1 aliphatic rings. The van der Waals surface area contributed by atoms with E-state index in [-0.39, 0.29) is 43.4 Å². The zero-order valence-corrected chi connectivity index (χ0v) is 20.8. The minimum Gasteiger partial charge on any atom is -0.354 e. The SMILES string of the molecule is Cc1ccccc1-c1nc(NS(=O)(=O)c2cccc(N3CCN(CC(F)(F)F)CC3)n2)ccc1C(F)(F)F. The fourth-order valence-corrected chi connectivity index (χ4v) is 5.06. The van der Waals surface area contributed by atoms with Crippen LogP contribution in [0.1, 0.15) is 11.1 Å². The summed E-state index contributed by atoms with van der Waals surface area (Å²) in [6.07, 6.45) is -9.03. The first-order valence-corrected chi connectivity index (χ1v) is 12.9. The summed E-state index contributed by atoms with van der Waals surface area (Å²) in [6, 6.07) is 12.1. The number of anilines is 2.